The summed E-state index contributed by atoms with van der Waals surface area (Å²) in [5.41, 5.74) is -0.958. The molecule has 0 spiro atoms. The average molecular weight is 578 g/mol. The Morgan fingerprint density at radius 1 is 1.15 bits per heavy atom. The molecular formula is C29H34Cl2N2O6. The first-order chi connectivity index (χ1) is 18.5. The molecule has 1 aliphatic carbocycles. The molecule has 2 N–H and O–H groups in total. The van der Waals surface area contributed by atoms with Crippen molar-refractivity contribution in [3.05, 3.63) is 63.6 Å². The molecule has 2 aromatic rings. The minimum absolute atomic E-state index is 0.0468. The zero-order chi connectivity index (χ0) is 28.2. The highest BCUT2D eigenvalue weighted by atomic mass is 35.5. The molecule has 8 nitrogen and oxygen atoms in total. The van der Waals surface area contributed by atoms with Crippen molar-refractivity contribution in [3.8, 4) is 5.75 Å². The molecular weight excluding hydrogens is 543 g/mol. The van der Waals surface area contributed by atoms with E-state index in [1.54, 1.807) is 63.2 Å². The van der Waals surface area contributed by atoms with Gasteiger partial charge in [0.25, 0.3) is 5.91 Å². The number of halogens is 2. The summed E-state index contributed by atoms with van der Waals surface area (Å²) in [7, 11) is 0. The zero-order valence-corrected chi connectivity index (χ0v) is 23.8. The number of carbonyl (C=O) groups is 2. The number of rotatable bonds is 11. The summed E-state index contributed by atoms with van der Waals surface area (Å²) >= 11 is 12.8. The van der Waals surface area contributed by atoms with Gasteiger partial charge in [-0.3, -0.25) is 9.59 Å². The number of nitrogens with one attached hydrogen (secondary N) is 1. The minimum Gasteiger partial charge on any atom is -0.494 e. The number of ether oxygens (including phenoxy) is 3. The molecule has 2 aliphatic rings. The number of amides is 1. The lowest BCUT2D eigenvalue weighted by atomic mass is 9.83. The third-order valence-electron chi connectivity index (χ3n) is 6.32. The largest absolute Gasteiger partial charge is 0.494 e. The van der Waals surface area contributed by atoms with Gasteiger partial charge in [-0.25, -0.2) is 4.99 Å². The maximum atomic E-state index is 13.9. The molecule has 0 aromatic heterocycles. The van der Waals surface area contributed by atoms with Gasteiger partial charge >= 0.3 is 5.97 Å². The molecule has 1 heterocycles. The average Bonchev–Trinajstić information content (AvgIpc) is 3.60. The number of carbonyl (C=O) groups excluding carboxylic acids is 2. The summed E-state index contributed by atoms with van der Waals surface area (Å²) in [6.07, 6.45) is 1.39. The maximum Gasteiger partial charge on any atom is 0.306 e. The number of benzene rings is 2. The van der Waals surface area contributed by atoms with Gasteiger partial charge in [-0.1, -0.05) is 29.3 Å². The quantitative estimate of drug-likeness (QED) is 0.273. The van der Waals surface area contributed by atoms with Crippen LogP contribution in [-0.4, -0.2) is 53.3 Å². The molecule has 0 radical (unpaired) electrons. The molecule has 0 bridgehead atoms. The predicted octanol–water partition coefficient (Wildman–Crippen LogP) is 5.41. The van der Waals surface area contributed by atoms with Crippen molar-refractivity contribution in [1.82, 2.24) is 5.32 Å². The van der Waals surface area contributed by atoms with Crippen molar-refractivity contribution in [2.24, 2.45) is 4.99 Å². The lowest BCUT2D eigenvalue weighted by Gasteiger charge is -2.31. The normalized spacial score (nSPS) is 20.7. The van der Waals surface area contributed by atoms with Crippen LogP contribution in [0.4, 0.5) is 0 Å². The molecule has 4 rings (SSSR count). The second-order valence-electron chi connectivity index (χ2n) is 10.8. The summed E-state index contributed by atoms with van der Waals surface area (Å²) < 4.78 is 17.6. The number of esters is 1. The predicted molar refractivity (Wildman–Crippen MR) is 149 cm³/mol. The van der Waals surface area contributed by atoms with Gasteiger partial charge < -0.3 is 24.6 Å². The standard InChI is InChI=1S/C29H34Cl2N2O6/c1-28(2,3)39-24(35)13-14-29(27(36)32-20-8-9-20)25(22-12-7-19(30)17-23(22)31)38-26(33-29)18-5-10-21(11-6-18)37-16-4-15-34/h5-7,10-12,17,20,25,34H,4,8-9,13-16H2,1-3H3,(H,32,36)/t25-,29-/m1/s1. The molecule has 10 heteroatoms. The van der Waals surface area contributed by atoms with Crippen LogP contribution in [0.3, 0.4) is 0 Å². The summed E-state index contributed by atoms with van der Waals surface area (Å²) in [6.45, 7) is 5.82. The summed E-state index contributed by atoms with van der Waals surface area (Å²) in [5, 5.41) is 12.8. The third-order valence-corrected chi connectivity index (χ3v) is 6.88. The molecule has 0 saturated heterocycles. The molecule has 0 unspecified atom stereocenters. The molecule has 1 aliphatic heterocycles. The van der Waals surface area contributed by atoms with Crippen LogP contribution in [0.15, 0.2) is 47.5 Å². The Morgan fingerprint density at radius 3 is 2.49 bits per heavy atom. The van der Waals surface area contributed by atoms with Gasteiger partial charge in [-0.2, -0.15) is 0 Å². The van der Waals surface area contributed by atoms with E-state index in [-0.39, 0.29) is 37.3 Å². The zero-order valence-electron chi connectivity index (χ0n) is 22.3. The van der Waals surface area contributed by atoms with E-state index in [1.165, 1.54) is 0 Å². The number of hydrogen-bond donors (Lipinski definition) is 2. The number of aliphatic hydroxyl groups is 1. The Bertz CT molecular complexity index is 1220. The topological polar surface area (TPSA) is 106 Å². The van der Waals surface area contributed by atoms with Crippen LogP contribution in [0.25, 0.3) is 0 Å². The Balaban J connectivity index is 1.71. The van der Waals surface area contributed by atoms with Crippen molar-refractivity contribution in [1.29, 1.82) is 0 Å². The number of aliphatic hydroxyl groups excluding tert-OH is 1. The SMILES string of the molecule is CC(C)(C)OC(=O)CC[C@@]1(C(=O)NC2CC2)N=C(c2ccc(OCCCO)cc2)O[C@@H]1c1ccc(Cl)cc1Cl. The lowest BCUT2D eigenvalue weighted by Crippen LogP contribution is -2.49. The van der Waals surface area contributed by atoms with Gasteiger partial charge in [0.2, 0.25) is 5.90 Å². The van der Waals surface area contributed by atoms with E-state index in [1.807, 2.05) is 0 Å². The van der Waals surface area contributed by atoms with Crippen molar-refractivity contribution in [3.63, 3.8) is 0 Å². The van der Waals surface area contributed by atoms with Crippen LogP contribution in [0, 0.1) is 0 Å². The van der Waals surface area contributed by atoms with E-state index in [9.17, 15) is 9.59 Å². The molecule has 1 saturated carbocycles. The van der Waals surface area contributed by atoms with Crippen molar-refractivity contribution >= 4 is 41.0 Å². The van der Waals surface area contributed by atoms with Crippen LogP contribution in [0.2, 0.25) is 10.0 Å². The summed E-state index contributed by atoms with van der Waals surface area (Å²) in [6, 6.07) is 12.2. The fourth-order valence-corrected chi connectivity index (χ4v) is 4.79. The van der Waals surface area contributed by atoms with E-state index in [0.29, 0.717) is 39.9 Å². The van der Waals surface area contributed by atoms with Crippen LogP contribution in [-0.2, 0) is 19.1 Å². The summed E-state index contributed by atoms with van der Waals surface area (Å²) in [5.74, 6) is 0.118. The van der Waals surface area contributed by atoms with Crippen molar-refractivity contribution in [2.45, 2.75) is 76.2 Å². The number of hydrogen-bond acceptors (Lipinski definition) is 7. The van der Waals surface area contributed by atoms with Gasteiger partial charge in [0.15, 0.2) is 11.6 Å². The van der Waals surface area contributed by atoms with Crippen LogP contribution in [0.1, 0.15) is 70.1 Å². The fourth-order valence-electron chi connectivity index (χ4n) is 4.28. The number of nitrogens with zero attached hydrogens (tertiary/aromatic N) is 1. The van der Waals surface area contributed by atoms with E-state index in [2.05, 4.69) is 5.32 Å². The fraction of sp³-hybridized carbons (Fsp3) is 0.483. The monoisotopic (exact) mass is 576 g/mol. The van der Waals surface area contributed by atoms with Crippen LogP contribution < -0.4 is 10.1 Å². The van der Waals surface area contributed by atoms with Gasteiger partial charge in [0.05, 0.1) is 6.61 Å². The second kappa shape index (κ2) is 12.1. The molecule has 39 heavy (non-hydrogen) atoms. The second-order valence-corrected chi connectivity index (χ2v) is 11.6. The molecule has 1 amide bonds. The van der Waals surface area contributed by atoms with E-state index < -0.39 is 23.2 Å². The lowest BCUT2D eigenvalue weighted by molar-refractivity contribution is -0.155. The Morgan fingerprint density at radius 2 is 1.87 bits per heavy atom. The highest BCUT2D eigenvalue weighted by Gasteiger charge is 2.54. The Hall–Kier alpha value is -2.81. The van der Waals surface area contributed by atoms with E-state index in [0.717, 1.165) is 12.8 Å². The maximum absolute atomic E-state index is 13.9. The first kappa shape index (κ1) is 29.2. The van der Waals surface area contributed by atoms with Crippen LogP contribution in [0.5, 0.6) is 5.75 Å². The van der Waals surface area contributed by atoms with Gasteiger partial charge in [-0.05, 0) is 76.4 Å². The molecule has 2 aromatic carbocycles. The summed E-state index contributed by atoms with van der Waals surface area (Å²) in [4.78, 5) is 31.5. The van der Waals surface area contributed by atoms with Gasteiger partial charge in [-0.15, -0.1) is 0 Å². The van der Waals surface area contributed by atoms with Gasteiger partial charge in [0.1, 0.15) is 11.4 Å². The highest BCUT2D eigenvalue weighted by molar-refractivity contribution is 6.35. The van der Waals surface area contributed by atoms with Crippen molar-refractivity contribution < 1.29 is 28.9 Å². The molecule has 2 atom stereocenters. The van der Waals surface area contributed by atoms with E-state index >= 15 is 0 Å². The third kappa shape index (κ3) is 7.44. The Labute approximate surface area is 238 Å². The first-order valence-electron chi connectivity index (χ1n) is 13.1. The minimum atomic E-state index is -1.47. The highest BCUT2D eigenvalue weighted by Crippen LogP contribution is 2.46. The molecule has 210 valence electrons. The van der Waals surface area contributed by atoms with Crippen molar-refractivity contribution in [2.75, 3.05) is 13.2 Å². The molecule has 1 fully saturated rings. The van der Waals surface area contributed by atoms with Crippen LogP contribution >= 0.6 is 23.2 Å². The van der Waals surface area contributed by atoms with E-state index in [4.69, 9.17) is 47.5 Å². The smallest absolute Gasteiger partial charge is 0.306 e. The van der Waals surface area contributed by atoms with Gasteiger partial charge in [0, 0.05) is 46.7 Å². The first-order valence-corrected chi connectivity index (χ1v) is 13.8. The Kier molecular flexibility index (Phi) is 9.09. The number of aliphatic imine (C=N–C) groups is 1.